The van der Waals surface area contributed by atoms with Crippen LogP contribution in [0.4, 0.5) is 0 Å². The third-order valence-electron chi connectivity index (χ3n) is 3.52. The van der Waals surface area contributed by atoms with Crippen molar-refractivity contribution in [1.82, 2.24) is 20.1 Å². The summed E-state index contributed by atoms with van der Waals surface area (Å²) >= 11 is 0. The summed E-state index contributed by atoms with van der Waals surface area (Å²) in [6, 6.07) is 1.69. The molecular formula is C13H16N4O3. The van der Waals surface area contributed by atoms with Crippen molar-refractivity contribution in [3.8, 4) is 11.6 Å². The van der Waals surface area contributed by atoms with Crippen LogP contribution in [0, 0.1) is 11.3 Å². The first kappa shape index (κ1) is 14.1. The van der Waals surface area contributed by atoms with E-state index in [1.54, 1.807) is 25.4 Å². The van der Waals surface area contributed by atoms with Crippen LogP contribution >= 0.6 is 0 Å². The van der Waals surface area contributed by atoms with Gasteiger partial charge >= 0.3 is 5.97 Å². The predicted molar refractivity (Wildman–Crippen MR) is 69.6 cm³/mol. The maximum absolute atomic E-state index is 11.4. The van der Waals surface area contributed by atoms with Crippen molar-refractivity contribution in [3.05, 3.63) is 24.4 Å². The van der Waals surface area contributed by atoms with Crippen LogP contribution in [0.2, 0.25) is 0 Å². The Morgan fingerprint density at radius 2 is 2.00 bits per heavy atom. The number of aliphatic carboxylic acids is 1. The van der Waals surface area contributed by atoms with E-state index in [9.17, 15) is 9.90 Å². The van der Waals surface area contributed by atoms with E-state index in [1.165, 1.54) is 0 Å². The van der Waals surface area contributed by atoms with Crippen LogP contribution in [0.5, 0.6) is 0 Å². The third-order valence-corrected chi connectivity index (χ3v) is 3.52. The molecule has 2 rings (SSSR count). The highest BCUT2D eigenvalue weighted by Gasteiger charge is 2.38. The number of carboxylic acids is 1. The van der Waals surface area contributed by atoms with Gasteiger partial charge in [0.25, 0.3) is 0 Å². The molecule has 1 atom stereocenters. The molecule has 106 valence electrons. The summed E-state index contributed by atoms with van der Waals surface area (Å²) in [5, 5.41) is 13.2. The number of hydrogen-bond acceptors (Lipinski definition) is 6. The first-order valence-corrected chi connectivity index (χ1v) is 6.27. The summed E-state index contributed by atoms with van der Waals surface area (Å²) in [5.74, 6) is -0.0706. The van der Waals surface area contributed by atoms with Crippen molar-refractivity contribution in [2.75, 3.05) is 0 Å². The van der Waals surface area contributed by atoms with Gasteiger partial charge in [-0.05, 0) is 18.9 Å². The molecule has 0 aromatic carbocycles. The van der Waals surface area contributed by atoms with Crippen LogP contribution in [-0.4, -0.2) is 31.2 Å². The van der Waals surface area contributed by atoms with Crippen LogP contribution in [0.3, 0.4) is 0 Å². The molecule has 2 aromatic rings. The first-order chi connectivity index (χ1) is 9.43. The molecule has 0 saturated heterocycles. The molecule has 7 nitrogen and oxygen atoms in total. The third kappa shape index (κ3) is 2.66. The summed E-state index contributed by atoms with van der Waals surface area (Å²) in [5.41, 5.74) is -0.957. The van der Waals surface area contributed by atoms with Gasteiger partial charge in [-0.25, -0.2) is 9.97 Å². The number of rotatable bonds is 5. The van der Waals surface area contributed by atoms with Crippen molar-refractivity contribution < 1.29 is 14.4 Å². The fraction of sp³-hybridized carbons (Fsp3) is 0.462. The Kier molecular flexibility index (Phi) is 3.78. The van der Waals surface area contributed by atoms with E-state index in [-0.39, 0.29) is 24.1 Å². The van der Waals surface area contributed by atoms with Gasteiger partial charge in [0.15, 0.2) is 0 Å². The van der Waals surface area contributed by atoms with Gasteiger partial charge in [0.05, 0.1) is 5.41 Å². The maximum atomic E-state index is 11.4. The Morgan fingerprint density at radius 3 is 2.55 bits per heavy atom. The van der Waals surface area contributed by atoms with Crippen molar-refractivity contribution in [3.63, 3.8) is 0 Å². The molecule has 0 fully saturated rings. The summed E-state index contributed by atoms with van der Waals surface area (Å²) < 4.78 is 5.11. The normalized spacial score (nSPS) is 14.2. The van der Waals surface area contributed by atoms with Gasteiger partial charge in [0, 0.05) is 18.8 Å². The lowest BCUT2D eigenvalue weighted by Gasteiger charge is -2.27. The number of carbonyl (C=O) groups is 1. The van der Waals surface area contributed by atoms with Crippen LogP contribution in [0.1, 0.15) is 26.7 Å². The van der Waals surface area contributed by atoms with Crippen LogP contribution < -0.4 is 0 Å². The van der Waals surface area contributed by atoms with Crippen molar-refractivity contribution >= 4 is 5.97 Å². The van der Waals surface area contributed by atoms with Gasteiger partial charge < -0.3 is 9.63 Å². The molecule has 0 bridgehead atoms. The van der Waals surface area contributed by atoms with E-state index in [0.717, 1.165) is 0 Å². The lowest BCUT2D eigenvalue weighted by molar-refractivity contribution is -0.150. The average Bonchev–Trinajstić information content (AvgIpc) is 2.87. The summed E-state index contributed by atoms with van der Waals surface area (Å²) in [7, 11) is 0. The molecule has 0 aliphatic rings. The van der Waals surface area contributed by atoms with Gasteiger partial charge in [-0.1, -0.05) is 19.0 Å². The van der Waals surface area contributed by atoms with Gasteiger partial charge in [0.1, 0.15) is 0 Å². The van der Waals surface area contributed by atoms with Gasteiger partial charge in [-0.3, -0.25) is 4.79 Å². The van der Waals surface area contributed by atoms with E-state index in [1.807, 2.05) is 13.8 Å². The monoisotopic (exact) mass is 276 g/mol. The van der Waals surface area contributed by atoms with Gasteiger partial charge in [-0.2, -0.15) is 4.98 Å². The SMILES string of the molecule is CC(C)C(C)(Cc1nc(-c2ncccn2)no1)C(=O)O. The molecule has 0 amide bonds. The zero-order valence-electron chi connectivity index (χ0n) is 11.6. The second-order valence-corrected chi connectivity index (χ2v) is 5.14. The Balaban J connectivity index is 2.24. The maximum Gasteiger partial charge on any atom is 0.310 e. The second-order valence-electron chi connectivity index (χ2n) is 5.14. The molecule has 2 aromatic heterocycles. The molecular weight excluding hydrogens is 260 g/mol. The lowest BCUT2D eigenvalue weighted by atomic mass is 9.76. The van der Waals surface area contributed by atoms with Crippen molar-refractivity contribution in [2.24, 2.45) is 11.3 Å². The van der Waals surface area contributed by atoms with Gasteiger partial charge in [-0.15, -0.1) is 0 Å². The predicted octanol–water partition coefficient (Wildman–Crippen LogP) is 1.82. The van der Waals surface area contributed by atoms with Crippen molar-refractivity contribution in [1.29, 1.82) is 0 Å². The fourth-order valence-corrected chi connectivity index (χ4v) is 1.67. The number of aromatic nitrogens is 4. The summed E-state index contributed by atoms with van der Waals surface area (Å²) in [6.07, 6.45) is 3.32. The smallest absolute Gasteiger partial charge is 0.310 e. The highest BCUT2D eigenvalue weighted by atomic mass is 16.5. The Bertz CT molecular complexity index is 597. The summed E-state index contributed by atoms with van der Waals surface area (Å²) in [4.78, 5) is 23.6. The zero-order chi connectivity index (χ0) is 14.8. The van der Waals surface area contributed by atoms with Crippen LogP contribution in [0.15, 0.2) is 23.0 Å². The van der Waals surface area contributed by atoms with Crippen LogP contribution in [0.25, 0.3) is 11.6 Å². The standard InChI is InChI=1S/C13H16N4O3/c1-8(2)13(3,12(18)19)7-9-16-11(17-20-9)10-14-5-4-6-15-10/h4-6,8H,7H2,1-3H3,(H,18,19). The fourth-order valence-electron chi connectivity index (χ4n) is 1.67. The topological polar surface area (TPSA) is 102 Å². The Morgan fingerprint density at radius 1 is 1.35 bits per heavy atom. The Hall–Kier alpha value is -2.31. The summed E-state index contributed by atoms with van der Waals surface area (Å²) in [6.45, 7) is 5.38. The van der Waals surface area contributed by atoms with E-state index >= 15 is 0 Å². The van der Waals surface area contributed by atoms with Crippen LogP contribution in [-0.2, 0) is 11.2 Å². The number of carboxylic acid groups (broad SMARTS) is 1. The minimum absolute atomic E-state index is 0.0664. The molecule has 0 aliphatic carbocycles. The molecule has 0 radical (unpaired) electrons. The molecule has 0 saturated carbocycles. The first-order valence-electron chi connectivity index (χ1n) is 6.27. The van der Waals surface area contributed by atoms with E-state index < -0.39 is 11.4 Å². The second kappa shape index (κ2) is 5.36. The molecule has 1 N–H and O–H groups in total. The zero-order valence-corrected chi connectivity index (χ0v) is 11.6. The number of hydrogen-bond donors (Lipinski definition) is 1. The molecule has 1 unspecified atom stereocenters. The molecule has 0 aliphatic heterocycles. The quantitative estimate of drug-likeness (QED) is 0.888. The van der Waals surface area contributed by atoms with E-state index in [4.69, 9.17) is 4.52 Å². The molecule has 20 heavy (non-hydrogen) atoms. The minimum Gasteiger partial charge on any atom is -0.481 e. The highest BCUT2D eigenvalue weighted by Crippen LogP contribution is 2.31. The molecule has 0 spiro atoms. The Labute approximate surface area is 116 Å². The molecule has 7 heteroatoms. The molecule has 2 heterocycles. The van der Waals surface area contributed by atoms with E-state index in [0.29, 0.717) is 5.82 Å². The highest BCUT2D eigenvalue weighted by molar-refractivity contribution is 5.74. The van der Waals surface area contributed by atoms with E-state index in [2.05, 4.69) is 20.1 Å². The number of nitrogens with zero attached hydrogens (tertiary/aromatic N) is 4. The van der Waals surface area contributed by atoms with Crippen molar-refractivity contribution in [2.45, 2.75) is 27.2 Å². The van der Waals surface area contributed by atoms with Gasteiger partial charge in [0.2, 0.25) is 17.5 Å². The largest absolute Gasteiger partial charge is 0.481 e. The average molecular weight is 276 g/mol. The lowest BCUT2D eigenvalue weighted by Crippen LogP contribution is -2.35. The minimum atomic E-state index is -0.957.